The van der Waals surface area contributed by atoms with Crippen LogP contribution in [0.1, 0.15) is 29.2 Å². The van der Waals surface area contributed by atoms with Gasteiger partial charge in [-0.15, -0.1) is 0 Å². The number of hydrogen-bond acceptors (Lipinski definition) is 2. The summed E-state index contributed by atoms with van der Waals surface area (Å²) >= 11 is 3.62. The third-order valence-electron chi connectivity index (χ3n) is 3.70. The number of rotatable bonds is 2. The monoisotopic (exact) mass is 316 g/mol. The van der Waals surface area contributed by atoms with Gasteiger partial charge >= 0.3 is 0 Å². The molecule has 1 aliphatic carbocycles. The van der Waals surface area contributed by atoms with Gasteiger partial charge in [-0.1, -0.05) is 12.1 Å². The van der Waals surface area contributed by atoms with Crippen molar-refractivity contribution in [1.82, 2.24) is 0 Å². The molecule has 3 N–H and O–H groups in total. The quantitative estimate of drug-likeness (QED) is 0.804. The molecule has 0 amide bonds. The fourth-order valence-electron chi connectivity index (χ4n) is 2.71. The van der Waals surface area contributed by atoms with Crippen LogP contribution in [-0.4, -0.2) is 0 Å². The third-order valence-corrected chi connectivity index (χ3v) is 4.36. The summed E-state index contributed by atoms with van der Waals surface area (Å²) in [6.45, 7) is 2.10. The molecule has 3 rings (SSSR count). The van der Waals surface area contributed by atoms with E-state index in [2.05, 4.69) is 58.5 Å². The van der Waals surface area contributed by atoms with Crippen molar-refractivity contribution in [3.63, 3.8) is 0 Å². The van der Waals surface area contributed by atoms with Crippen molar-refractivity contribution in [1.29, 1.82) is 0 Å². The Balaban J connectivity index is 1.86. The molecule has 0 saturated carbocycles. The summed E-state index contributed by atoms with van der Waals surface area (Å²) in [6.07, 6.45) is 2.22. The fraction of sp³-hybridized carbons (Fsp3) is 0.250. The van der Waals surface area contributed by atoms with E-state index in [1.807, 2.05) is 6.07 Å². The van der Waals surface area contributed by atoms with E-state index in [-0.39, 0.29) is 0 Å². The van der Waals surface area contributed by atoms with Gasteiger partial charge in [-0.2, -0.15) is 0 Å². The lowest BCUT2D eigenvalue weighted by Crippen LogP contribution is -2.07. The van der Waals surface area contributed by atoms with Gasteiger partial charge in [0.05, 0.1) is 6.04 Å². The first-order valence-corrected chi connectivity index (χ1v) is 7.34. The first-order valence-electron chi connectivity index (χ1n) is 6.54. The van der Waals surface area contributed by atoms with E-state index in [9.17, 15) is 0 Å². The minimum atomic E-state index is 0.384. The van der Waals surface area contributed by atoms with Gasteiger partial charge in [0, 0.05) is 15.8 Å². The highest BCUT2D eigenvalue weighted by atomic mass is 79.9. The molecule has 1 aliphatic rings. The van der Waals surface area contributed by atoms with Crippen LogP contribution in [0, 0.1) is 6.92 Å². The van der Waals surface area contributed by atoms with Gasteiger partial charge in [-0.25, -0.2) is 0 Å². The Kier molecular flexibility index (Phi) is 3.23. The first-order chi connectivity index (χ1) is 9.13. The van der Waals surface area contributed by atoms with Gasteiger partial charge < -0.3 is 11.1 Å². The van der Waals surface area contributed by atoms with E-state index in [1.54, 1.807) is 0 Å². The minimum absolute atomic E-state index is 0.384. The highest BCUT2D eigenvalue weighted by Crippen LogP contribution is 2.36. The molecule has 0 radical (unpaired) electrons. The summed E-state index contributed by atoms with van der Waals surface area (Å²) in [5.74, 6) is 0. The van der Waals surface area contributed by atoms with Crippen molar-refractivity contribution < 1.29 is 0 Å². The van der Waals surface area contributed by atoms with Gasteiger partial charge in [0.1, 0.15) is 0 Å². The number of nitrogen functional groups attached to an aromatic ring is 1. The number of halogens is 1. The smallest absolute Gasteiger partial charge is 0.0520 e. The predicted molar refractivity (Wildman–Crippen MR) is 84.4 cm³/mol. The maximum atomic E-state index is 5.84. The van der Waals surface area contributed by atoms with E-state index < -0.39 is 0 Å². The zero-order valence-corrected chi connectivity index (χ0v) is 12.5. The Labute approximate surface area is 122 Å². The van der Waals surface area contributed by atoms with Gasteiger partial charge in [0.2, 0.25) is 0 Å². The molecule has 0 spiro atoms. The Morgan fingerprint density at radius 2 is 2.05 bits per heavy atom. The van der Waals surface area contributed by atoms with Crippen LogP contribution in [-0.2, 0) is 6.42 Å². The molecule has 0 bridgehead atoms. The highest BCUT2D eigenvalue weighted by molar-refractivity contribution is 9.10. The Morgan fingerprint density at radius 1 is 1.21 bits per heavy atom. The summed E-state index contributed by atoms with van der Waals surface area (Å²) in [5.41, 5.74) is 11.9. The molecule has 0 heterocycles. The summed E-state index contributed by atoms with van der Waals surface area (Å²) < 4.78 is 1.12. The molecule has 0 aromatic heterocycles. The number of nitrogens with two attached hydrogens (primary N) is 1. The van der Waals surface area contributed by atoms with E-state index in [4.69, 9.17) is 5.73 Å². The van der Waals surface area contributed by atoms with Crippen molar-refractivity contribution in [3.05, 3.63) is 57.6 Å². The van der Waals surface area contributed by atoms with Crippen LogP contribution >= 0.6 is 15.9 Å². The summed E-state index contributed by atoms with van der Waals surface area (Å²) in [6, 6.07) is 13.0. The maximum Gasteiger partial charge on any atom is 0.0520 e. The lowest BCUT2D eigenvalue weighted by Gasteiger charge is -2.17. The molecule has 2 nitrogen and oxygen atoms in total. The van der Waals surface area contributed by atoms with Crippen molar-refractivity contribution in [3.8, 4) is 0 Å². The molecule has 2 aromatic rings. The molecule has 1 atom stereocenters. The second-order valence-corrected chi connectivity index (χ2v) is 6.03. The molecule has 1 unspecified atom stereocenters. The second kappa shape index (κ2) is 4.89. The molecule has 0 fully saturated rings. The SMILES string of the molecule is Cc1ccc(NC2CCc3cc(N)ccc32)c(Br)c1. The van der Waals surface area contributed by atoms with E-state index in [0.717, 1.165) is 28.7 Å². The average molecular weight is 317 g/mol. The Hall–Kier alpha value is -1.48. The number of nitrogens with one attached hydrogen (secondary N) is 1. The van der Waals surface area contributed by atoms with Gasteiger partial charge in [0.15, 0.2) is 0 Å². The standard InChI is InChI=1S/C16H17BrN2/c1-10-2-6-16(14(17)8-10)19-15-7-3-11-9-12(18)4-5-13(11)15/h2,4-6,8-9,15,19H,3,7,18H2,1H3. The third kappa shape index (κ3) is 2.47. The van der Waals surface area contributed by atoms with Crippen molar-refractivity contribution in [2.45, 2.75) is 25.8 Å². The molecule has 0 saturated heterocycles. The van der Waals surface area contributed by atoms with Crippen LogP contribution in [0.25, 0.3) is 0 Å². The molecular formula is C16H17BrN2. The zero-order chi connectivity index (χ0) is 13.4. The summed E-state index contributed by atoms with van der Waals surface area (Å²) in [5, 5.41) is 3.62. The Bertz CT molecular complexity index is 622. The molecular weight excluding hydrogens is 300 g/mol. The predicted octanol–water partition coefficient (Wildman–Crippen LogP) is 4.44. The van der Waals surface area contributed by atoms with E-state index in [1.165, 1.54) is 16.7 Å². The second-order valence-electron chi connectivity index (χ2n) is 5.18. The summed E-state index contributed by atoms with van der Waals surface area (Å²) in [4.78, 5) is 0. The normalized spacial score (nSPS) is 17.3. The van der Waals surface area contributed by atoms with E-state index >= 15 is 0 Å². The first kappa shape index (κ1) is 12.5. The molecule has 0 aliphatic heterocycles. The lowest BCUT2D eigenvalue weighted by atomic mass is 10.1. The summed E-state index contributed by atoms with van der Waals surface area (Å²) in [7, 11) is 0. The number of benzene rings is 2. The van der Waals surface area contributed by atoms with Crippen LogP contribution < -0.4 is 11.1 Å². The maximum absolute atomic E-state index is 5.84. The lowest BCUT2D eigenvalue weighted by molar-refractivity contribution is 0.761. The largest absolute Gasteiger partial charge is 0.399 e. The van der Waals surface area contributed by atoms with Crippen LogP contribution in [0.15, 0.2) is 40.9 Å². The molecule has 19 heavy (non-hydrogen) atoms. The van der Waals surface area contributed by atoms with Gasteiger partial charge in [-0.3, -0.25) is 0 Å². The van der Waals surface area contributed by atoms with Gasteiger partial charge in [0.25, 0.3) is 0 Å². The highest BCUT2D eigenvalue weighted by Gasteiger charge is 2.22. The van der Waals surface area contributed by atoms with Gasteiger partial charge in [-0.05, 0) is 76.7 Å². The minimum Gasteiger partial charge on any atom is -0.399 e. The number of hydrogen-bond donors (Lipinski definition) is 2. The van der Waals surface area contributed by atoms with Crippen LogP contribution in [0.3, 0.4) is 0 Å². The van der Waals surface area contributed by atoms with Crippen LogP contribution in [0.5, 0.6) is 0 Å². The number of anilines is 2. The molecule has 2 aromatic carbocycles. The van der Waals surface area contributed by atoms with Crippen LogP contribution in [0.4, 0.5) is 11.4 Å². The van der Waals surface area contributed by atoms with Crippen LogP contribution in [0.2, 0.25) is 0 Å². The van der Waals surface area contributed by atoms with Crippen molar-refractivity contribution >= 4 is 27.3 Å². The topological polar surface area (TPSA) is 38.0 Å². The van der Waals surface area contributed by atoms with Crippen molar-refractivity contribution in [2.75, 3.05) is 11.1 Å². The van der Waals surface area contributed by atoms with Crippen molar-refractivity contribution in [2.24, 2.45) is 0 Å². The van der Waals surface area contributed by atoms with E-state index in [0.29, 0.717) is 6.04 Å². The fourth-order valence-corrected chi connectivity index (χ4v) is 3.32. The molecule has 98 valence electrons. The number of fused-ring (bicyclic) bond motifs is 1. The average Bonchev–Trinajstić information content (AvgIpc) is 2.75. The Morgan fingerprint density at radius 3 is 2.84 bits per heavy atom. The number of aryl methyl sites for hydroxylation is 2. The molecule has 3 heteroatoms. The zero-order valence-electron chi connectivity index (χ0n) is 10.9.